The summed E-state index contributed by atoms with van der Waals surface area (Å²) in [5, 5.41) is 18.7. The molecule has 0 bridgehead atoms. The first kappa shape index (κ1) is 33.0. The first-order valence-corrected chi connectivity index (χ1v) is 17.1. The standard InChI is InChI=1S/C36H33N3O4.C5H12/c1-23-33-30-16-8-15-28-29(17-9-19-43-32-18-7-13-24-10-5-6-14-27(24)32)35(36(40)41)39(34(28)30)20-25-11-3-4-12-26(25)21-42-22-31(33)37-38(23)2;1-3-5-4-2/h3-8,10-16,18H,9,17,19-22H2,1-2H3,(H,40,41);3-5H2,1-2H3. The van der Waals surface area contributed by atoms with Crippen LogP contribution in [0.4, 0.5) is 0 Å². The van der Waals surface area contributed by atoms with Crippen LogP contribution in [0.3, 0.4) is 0 Å². The lowest BCUT2D eigenvalue weighted by atomic mass is 9.98. The number of unbranched alkanes of at least 4 members (excludes halogenated alkanes) is 2. The number of ether oxygens (including phenoxy) is 2. The molecule has 1 aliphatic rings. The molecule has 0 saturated carbocycles. The highest BCUT2D eigenvalue weighted by Gasteiger charge is 2.27. The minimum absolute atomic E-state index is 0.325. The molecule has 248 valence electrons. The molecule has 0 aliphatic carbocycles. The van der Waals surface area contributed by atoms with E-state index in [-0.39, 0.29) is 0 Å². The van der Waals surface area contributed by atoms with Crippen LogP contribution in [-0.2, 0) is 38.0 Å². The van der Waals surface area contributed by atoms with Crippen molar-refractivity contribution in [3.8, 4) is 16.9 Å². The van der Waals surface area contributed by atoms with Gasteiger partial charge in [-0.2, -0.15) is 5.10 Å². The lowest BCUT2D eigenvalue weighted by molar-refractivity contribution is 0.0684. The van der Waals surface area contributed by atoms with E-state index in [4.69, 9.17) is 14.6 Å². The largest absolute Gasteiger partial charge is 0.493 e. The van der Waals surface area contributed by atoms with E-state index in [1.807, 2.05) is 58.8 Å². The number of carboxylic acid groups (broad SMARTS) is 1. The SMILES string of the molecule is CCCCC.Cc1c2c(nn1C)COCc1ccccc1Cn1c(C(=O)O)c(CCCOc3cccc4ccccc34)c3cccc-2c31. The van der Waals surface area contributed by atoms with Gasteiger partial charge < -0.3 is 19.1 Å². The molecule has 1 aliphatic heterocycles. The number of benzene rings is 4. The van der Waals surface area contributed by atoms with Crippen LogP contribution in [0.2, 0.25) is 0 Å². The summed E-state index contributed by atoms with van der Waals surface area (Å²) in [5.41, 5.74) is 7.99. The average Bonchev–Trinajstić information content (AvgIpc) is 3.55. The van der Waals surface area contributed by atoms with Gasteiger partial charge in [-0.15, -0.1) is 0 Å². The summed E-state index contributed by atoms with van der Waals surface area (Å²) >= 11 is 0. The number of fused-ring (bicyclic) bond motifs is 4. The van der Waals surface area contributed by atoms with Crippen molar-refractivity contribution in [2.45, 2.75) is 72.6 Å². The predicted octanol–water partition coefficient (Wildman–Crippen LogP) is 9.49. The first-order valence-electron chi connectivity index (χ1n) is 17.1. The Morgan fingerprint density at radius 2 is 1.58 bits per heavy atom. The number of aryl methyl sites for hydroxylation is 2. The quantitative estimate of drug-likeness (QED) is 0.167. The fraction of sp³-hybridized carbons (Fsp3) is 0.317. The second-order valence-electron chi connectivity index (χ2n) is 12.5. The summed E-state index contributed by atoms with van der Waals surface area (Å²) in [6.07, 6.45) is 5.32. The van der Waals surface area contributed by atoms with Gasteiger partial charge in [0.1, 0.15) is 11.4 Å². The van der Waals surface area contributed by atoms with E-state index < -0.39 is 5.97 Å². The number of aromatic carboxylic acids is 1. The molecule has 0 unspecified atom stereocenters. The molecular weight excluding hydrogens is 598 g/mol. The summed E-state index contributed by atoms with van der Waals surface area (Å²) in [6, 6.07) is 28.5. The Bertz CT molecular complexity index is 2050. The fourth-order valence-corrected chi connectivity index (χ4v) is 6.85. The molecule has 0 amide bonds. The van der Waals surface area contributed by atoms with Gasteiger partial charge in [-0.05, 0) is 47.9 Å². The minimum atomic E-state index is -0.932. The molecule has 1 N–H and O–H groups in total. The second-order valence-corrected chi connectivity index (χ2v) is 12.5. The van der Waals surface area contributed by atoms with Crippen LogP contribution in [0.1, 0.15) is 78.1 Å². The van der Waals surface area contributed by atoms with E-state index in [0.29, 0.717) is 44.9 Å². The monoisotopic (exact) mass is 643 g/mol. The van der Waals surface area contributed by atoms with Crippen LogP contribution in [0.15, 0.2) is 84.9 Å². The van der Waals surface area contributed by atoms with Crippen molar-refractivity contribution in [1.82, 2.24) is 14.3 Å². The normalized spacial score (nSPS) is 12.5. The van der Waals surface area contributed by atoms with Gasteiger partial charge in [-0.1, -0.05) is 112 Å². The van der Waals surface area contributed by atoms with Crippen molar-refractivity contribution >= 4 is 27.6 Å². The van der Waals surface area contributed by atoms with E-state index in [1.165, 1.54) is 19.3 Å². The molecule has 3 heterocycles. The third kappa shape index (κ3) is 6.60. The molecule has 0 atom stereocenters. The van der Waals surface area contributed by atoms with Gasteiger partial charge in [0, 0.05) is 41.2 Å². The smallest absolute Gasteiger partial charge is 0.352 e. The van der Waals surface area contributed by atoms with E-state index in [1.54, 1.807) is 0 Å². The van der Waals surface area contributed by atoms with Crippen LogP contribution in [0, 0.1) is 6.92 Å². The molecule has 0 fully saturated rings. The highest BCUT2D eigenvalue weighted by atomic mass is 16.5. The van der Waals surface area contributed by atoms with E-state index in [0.717, 1.165) is 66.6 Å². The van der Waals surface area contributed by atoms with E-state index in [2.05, 4.69) is 63.2 Å². The van der Waals surface area contributed by atoms with Gasteiger partial charge in [0.25, 0.3) is 0 Å². The number of hydrogen-bond donors (Lipinski definition) is 1. The van der Waals surface area contributed by atoms with Crippen molar-refractivity contribution in [3.05, 3.63) is 119 Å². The Hall–Kier alpha value is -4.88. The predicted molar refractivity (Wildman–Crippen MR) is 193 cm³/mol. The van der Waals surface area contributed by atoms with Gasteiger partial charge in [-0.25, -0.2) is 4.79 Å². The van der Waals surface area contributed by atoms with Crippen LogP contribution < -0.4 is 4.74 Å². The Balaban J connectivity index is 0.000000749. The van der Waals surface area contributed by atoms with Crippen molar-refractivity contribution in [3.63, 3.8) is 0 Å². The summed E-state index contributed by atoms with van der Waals surface area (Å²) in [5.74, 6) is -0.0898. The second kappa shape index (κ2) is 14.9. The van der Waals surface area contributed by atoms with Crippen molar-refractivity contribution in [2.75, 3.05) is 6.61 Å². The van der Waals surface area contributed by atoms with Crippen LogP contribution in [0.5, 0.6) is 5.75 Å². The average molecular weight is 644 g/mol. The molecule has 7 heteroatoms. The summed E-state index contributed by atoms with van der Waals surface area (Å²) in [7, 11) is 1.94. The first-order chi connectivity index (χ1) is 23.4. The molecule has 4 aromatic carbocycles. The molecule has 0 spiro atoms. The lowest BCUT2D eigenvalue weighted by Crippen LogP contribution is -2.13. The summed E-state index contributed by atoms with van der Waals surface area (Å²) < 4.78 is 16.3. The zero-order valence-electron chi connectivity index (χ0n) is 28.5. The number of carbonyl (C=O) groups is 1. The fourth-order valence-electron chi connectivity index (χ4n) is 6.85. The topological polar surface area (TPSA) is 78.5 Å². The van der Waals surface area contributed by atoms with Gasteiger partial charge >= 0.3 is 5.97 Å². The Morgan fingerprint density at radius 1 is 0.875 bits per heavy atom. The highest BCUT2D eigenvalue weighted by Crippen LogP contribution is 2.39. The molecule has 0 saturated heterocycles. The molecular formula is C41H45N3O4. The van der Waals surface area contributed by atoms with E-state index >= 15 is 0 Å². The third-order valence-electron chi connectivity index (χ3n) is 9.29. The van der Waals surface area contributed by atoms with E-state index in [9.17, 15) is 9.90 Å². The Morgan fingerprint density at radius 3 is 2.35 bits per heavy atom. The number of para-hydroxylation sites is 1. The molecule has 0 radical (unpaired) electrons. The molecule has 7 rings (SSSR count). The van der Waals surface area contributed by atoms with Gasteiger partial charge in [-0.3, -0.25) is 4.68 Å². The van der Waals surface area contributed by atoms with Crippen LogP contribution >= 0.6 is 0 Å². The number of aromatic nitrogens is 3. The van der Waals surface area contributed by atoms with Gasteiger partial charge in [0.2, 0.25) is 0 Å². The summed E-state index contributed by atoms with van der Waals surface area (Å²) in [4.78, 5) is 13.1. The Labute approximate surface area is 282 Å². The maximum Gasteiger partial charge on any atom is 0.352 e. The maximum atomic E-state index is 13.1. The number of carboxylic acids is 1. The van der Waals surface area contributed by atoms with Crippen molar-refractivity contribution in [2.24, 2.45) is 7.05 Å². The third-order valence-corrected chi connectivity index (χ3v) is 9.29. The van der Waals surface area contributed by atoms with Gasteiger partial charge in [0.15, 0.2) is 0 Å². The van der Waals surface area contributed by atoms with Gasteiger partial charge in [0.05, 0.1) is 31.0 Å². The minimum Gasteiger partial charge on any atom is -0.493 e. The summed E-state index contributed by atoms with van der Waals surface area (Å²) in [6.45, 7) is 8.17. The zero-order chi connectivity index (χ0) is 33.6. The Kier molecular flexibility index (Phi) is 10.3. The molecule has 6 aromatic rings. The molecule has 7 nitrogen and oxygen atoms in total. The number of rotatable bonds is 8. The number of hydrogen-bond acceptors (Lipinski definition) is 4. The zero-order valence-corrected chi connectivity index (χ0v) is 28.5. The van der Waals surface area contributed by atoms with Crippen LogP contribution in [0.25, 0.3) is 32.8 Å². The number of nitrogens with zero attached hydrogens (tertiary/aromatic N) is 3. The van der Waals surface area contributed by atoms with Crippen molar-refractivity contribution < 1.29 is 19.4 Å². The maximum absolute atomic E-state index is 13.1. The molecule has 48 heavy (non-hydrogen) atoms. The molecule has 2 aromatic heterocycles. The highest BCUT2D eigenvalue weighted by molar-refractivity contribution is 6.04. The lowest BCUT2D eigenvalue weighted by Gasteiger charge is -2.14. The van der Waals surface area contributed by atoms with Crippen molar-refractivity contribution in [1.29, 1.82) is 0 Å². The van der Waals surface area contributed by atoms with Crippen LogP contribution in [-0.4, -0.2) is 32.0 Å².